The molecule has 1 aliphatic heterocycles. The van der Waals surface area contributed by atoms with Crippen LogP contribution in [0.1, 0.15) is 36.4 Å². The van der Waals surface area contributed by atoms with Gasteiger partial charge in [0.05, 0.1) is 6.54 Å². The third kappa shape index (κ3) is 5.37. The molecule has 0 saturated carbocycles. The molecule has 1 fully saturated rings. The van der Waals surface area contributed by atoms with Crippen molar-refractivity contribution < 1.29 is 9.18 Å². The normalized spacial score (nSPS) is 18.7. The van der Waals surface area contributed by atoms with Crippen molar-refractivity contribution in [2.75, 3.05) is 32.7 Å². The molecule has 2 N–H and O–H groups in total. The Labute approximate surface area is 160 Å². The van der Waals surface area contributed by atoms with Gasteiger partial charge in [-0.2, -0.15) is 0 Å². The van der Waals surface area contributed by atoms with Crippen molar-refractivity contribution in [3.05, 3.63) is 71.5 Å². The summed E-state index contributed by atoms with van der Waals surface area (Å²) in [5.74, 6) is 0.271. The molecular weight excluding hydrogens is 341 g/mol. The minimum Gasteiger partial charge on any atom is -0.340 e. The fourth-order valence-electron chi connectivity index (χ4n) is 3.55. The van der Waals surface area contributed by atoms with E-state index >= 15 is 0 Å². The minimum atomic E-state index is -0.189. The molecule has 1 amide bonds. The first-order chi connectivity index (χ1) is 13.1. The standard InChI is InChI=1S/C22H28FN3O/c1-17(18-7-3-2-4-8-18)15-24-16-22(27)26-13-11-21(25-12-14-26)19-9-5-6-10-20(19)23/h2-10,17,21,24-25H,11-16H2,1H3. The maximum absolute atomic E-state index is 14.0. The summed E-state index contributed by atoms with van der Waals surface area (Å²) in [5.41, 5.74) is 1.95. The van der Waals surface area contributed by atoms with Crippen LogP contribution >= 0.6 is 0 Å². The molecule has 2 atom stereocenters. The van der Waals surface area contributed by atoms with E-state index < -0.39 is 0 Å². The smallest absolute Gasteiger partial charge is 0.236 e. The van der Waals surface area contributed by atoms with Gasteiger partial charge in [-0.15, -0.1) is 0 Å². The Bertz CT molecular complexity index is 737. The summed E-state index contributed by atoms with van der Waals surface area (Å²) in [5, 5.41) is 6.65. The van der Waals surface area contributed by atoms with Gasteiger partial charge in [-0.1, -0.05) is 55.5 Å². The molecule has 0 aromatic heterocycles. The number of benzene rings is 2. The lowest BCUT2D eigenvalue weighted by atomic mass is 10.0. The van der Waals surface area contributed by atoms with Crippen molar-refractivity contribution in [1.82, 2.24) is 15.5 Å². The van der Waals surface area contributed by atoms with E-state index in [-0.39, 0.29) is 17.8 Å². The molecular formula is C22H28FN3O. The third-order valence-electron chi connectivity index (χ3n) is 5.19. The quantitative estimate of drug-likeness (QED) is 0.822. The summed E-state index contributed by atoms with van der Waals surface area (Å²) < 4.78 is 14.0. The SMILES string of the molecule is CC(CNCC(=O)N1CCNC(c2ccccc2F)CC1)c1ccccc1. The first-order valence-corrected chi connectivity index (χ1v) is 9.66. The predicted molar refractivity (Wildman–Crippen MR) is 106 cm³/mol. The Morgan fingerprint density at radius 1 is 1.19 bits per heavy atom. The number of halogens is 1. The first kappa shape index (κ1) is 19.5. The predicted octanol–water partition coefficient (Wildman–Crippen LogP) is 3.08. The number of hydrogen-bond donors (Lipinski definition) is 2. The van der Waals surface area contributed by atoms with Crippen LogP contribution in [0.2, 0.25) is 0 Å². The van der Waals surface area contributed by atoms with Crippen LogP contribution in [-0.2, 0) is 4.79 Å². The fraction of sp³-hybridized carbons (Fsp3) is 0.409. The Kier molecular flexibility index (Phi) is 6.96. The molecule has 2 aromatic carbocycles. The molecule has 5 heteroatoms. The van der Waals surface area contributed by atoms with Crippen LogP contribution in [0.3, 0.4) is 0 Å². The van der Waals surface area contributed by atoms with Crippen molar-refractivity contribution in [3.63, 3.8) is 0 Å². The van der Waals surface area contributed by atoms with Gasteiger partial charge in [-0.05, 0) is 24.0 Å². The monoisotopic (exact) mass is 369 g/mol. The van der Waals surface area contributed by atoms with Gasteiger partial charge < -0.3 is 15.5 Å². The van der Waals surface area contributed by atoms with Crippen molar-refractivity contribution in [1.29, 1.82) is 0 Å². The van der Waals surface area contributed by atoms with Gasteiger partial charge in [0, 0.05) is 37.8 Å². The number of nitrogens with zero attached hydrogens (tertiary/aromatic N) is 1. The molecule has 1 saturated heterocycles. The van der Waals surface area contributed by atoms with Crippen molar-refractivity contribution in [2.45, 2.75) is 25.3 Å². The van der Waals surface area contributed by atoms with Crippen LogP contribution in [0.5, 0.6) is 0 Å². The zero-order valence-corrected chi connectivity index (χ0v) is 15.8. The Balaban J connectivity index is 1.46. The topological polar surface area (TPSA) is 44.4 Å². The minimum absolute atomic E-state index is 0.0462. The molecule has 2 aromatic rings. The summed E-state index contributed by atoms with van der Waals surface area (Å²) in [7, 11) is 0. The molecule has 2 unspecified atom stereocenters. The van der Waals surface area contributed by atoms with Gasteiger partial charge in [-0.25, -0.2) is 4.39 Å². The van der Waals surface area contributed by atoms with Crippen LogP contribution in [0.4, 0.5) is 4.39 Å². The zero-order valence-electron chi connectivity index (χ0n) is 15.8. The van der Waals surface area contributed by atoms with Crippen LogP contribution < -0.4 is 10.6 Å². The number of carbonyl (C=O) groups excluding carboxylic acids is 1. The summed E-state index contributed by atoms with van der Waals surface area (Å²) in [6.07, 6.45) is 0.715. The lowest BCUT2D eigenvalue weighted by Gasteiger charge is -2.21. The highest BCUT2D eigenvalue weighted by atomic mass is 19.1. The molecule has 0 bridgehead atoms. The van der Waals surface area contributed by atoms with Gasteiger partial charge >= 0.3 is 0 Å². The highest BCUT2D eigenvalue weighted by Gasteiger charge is 2.22. The number of amides is 1. The van der Waals surface area contributed by atoms with Crippen LogP contribution in [0.25, 0.3) is 0 Å². The highest BCUT2D eigenvalue weighted by molar-refractivity contribution is 5.78. The summed E-state index contributed by atoms with van der Waals surface area (Å²) in [4.78, 5) is 14.4. The second-order valence-corrected chi connectivity index (χ2v) is 7.14. The van der Waals surface area contributed by atoms with Crippen LogP contribution in [0, 0.1) is 5.82 Å². The highest BCUT2D eigenvalue weighted by Crippen LogP contribution is 2.21. The van der Waals surface area contributed by atoms with Gasteiger partial charge in [0.15, 0.2) is 0 Å². The summed E-state index contributed by atoms with van der Waals surface area (Å²) in [6.45, 7) is 5.22. The Hall–Kier alpha value is -2.24. The van der Waals surface area contributed by atoms with Crippen molar-refractivity contribution in [3.8, 4) is 0 Å². The van der Waals surface area contributed by atoms with Crippen molar-refractivity contribution in [2.24, 2.45) is 0 Å². The summed E-state index contributed by atoms with van der Waals surface area (Å²) >= 11 is 0. The zero-order chi connectivity index (χ0) is 19.1. The van der Waals surface area contributed by atoms with E-state index in [2.05, 4.69) is 29.7 Å². The maximum Gasteiger partial charge on any atom is 0.236 e. The fourth-order valence-corrected chi connectivity index (χ4v) is 3.55. The van der Waals surface area contributed by atoms with Crippen LogP contribution in [0.15, 0.2) is 54.6 Å². The van der Waals surface area contributed by atoms with Gasteiger partial charge in [-0.3, -0.25) is 4.79 Å². The van der Waals surface area contributed by atoms with Crippen molar-refractivity contribution >= 4 is 5.91 Å². The molecule has 0 radical (unpaired) electrons. The number of nitrogens with one attached hydrogen (secondary N) is 2. The average Bonchev–Trinajstić information content (AvgIpc) is 2.95. The van der Waals surface area contributed by atoms with Gasteiger partial charge in [0.1, 0.15) is 5.82 Å². The first-order valence-electron chi connectivity index (χ1n) is 9.66. The molecule has 0 aliphatic carbocycles. The van der Waals surface area contributed by atoms with E-state index in [1.54, 1.807) is 6.07 Å². The van der Waals surface area contributed by atoms with E-state index in [0.717, 1.165) is 6.54 Å². The largest absolute Gasteiger partial charge is 0.340 e. The molecule has 27 heavy (non-hydrogen) atoms. The molecule has 144 valence electrons. The van der Waals surface area contributed by atoms with E-state index in [9.17, 15) is 9.18 Å². The lowest BCUT2D eigenvalue weighted by molar-refractivity contribution is -0.130. The molecule has 1 heterocycles. The lowest BCUT2D eigenvalue weighted by Crippen LogP contribution is -2.40. The summed E-state index contributed by atoms with van der Waals surface area (Å²) in [6, 6.07) is 17.1. The molecule has 3 rings (SSSR count). The second-order valence-electron chi connectivity index (χ2n) is 7.14. The Morgan fingerprint density at radius 3 is 2.70 bits per heavy atom. The molecule has 0 spiro atoms. The van der Waals surface area contributed by atoms with Gasteiger partial charge in [0.25, 0.3) is 0 Å². The van der Waals surface area contributed by atoms with E-state index in [4.69, 9.17) is 0 Å². The average molecular weight is 369 g/mol. The Morgan fingerprint density at radius 2 is 1.93 bits per heavy atom. The van der Waals surface area contributed by atoms with E-state index in [0.29, 0.717) is 44.1 Å². The van der Waals surface area contributed by atoms with Crippen LogP contribution in [-0.4, -0.2) is 43.5 Å². The molecule has 4 nitrogen and oxygen atoms in total. The molecule has 1 aliphatic rings. The number of hydrogen-bond acceptors (Lipinski definition) is 3. The number of carbonyl (C=O) groups is 1. The second kappa shape index (κ2) is 9.62. The van der Waals surface area contributed by atoms with E-state index in [1.807, 2.05) is 35.2 Å². The third-order valence-corrected chi connectivity index (χ3v) is 5.19. The van der Waals surface area contributed by atoms with Gasteiger partial charge in [0.2, 0.25) is 5.91 Å². The maximum atomic E-state index is 14.0. The van der Waals surface area contributed by atoms with E-state index in [1.165, 1.54) is 11.6 Å². The number of rotatable bonds is 6.